The van der Waals surface area contributed by atoms with Crippen LogP contribution in [0, 0.1) is 0 Å². The summed E-state index contributed by atoms with van der Waals surface area (Å²) in [6.07, 6.45) is 5.80. The molecule has 0 unspecified atom stereocenters. The maximum absolute atomic E-state index is 5.59. The van der Waals surface area contributed by atoms with E-state index in [1.165, 1.54) is 0 Å². The molecule has 0 aromatic carbocycles. The van der Waals surface area contributed by atoms with E-state index in [1.807, 2.05) is 24.3 Å². The van der Waals surface area contributed by atoms with Crippen LogP contribution in [0.15, 0.2) is 12.5 Å². The average Bonchev–Trinajstić information content (AvgIpc) is 2.51. The van der Waals surface area contributed by atoms with E-state index in [-0.39, 0.29) is 4.75 Å². The summed E-state index contributed by atoms with van der Waals surface area (Å²) in [7, 11) is 0. The highest BCUT2D eigenvalue weighted by atomic mass is 32.2. The van der Waals surface area contributed by atoms with Gasteiger partial charge in [0.25, 0.3) is 0 Å². The van der Waals surface area contributed by atoms with E-state index in [4.69, 9.17) is 5.73 Å². The summed E-state index contributed by atoms with van der Waals surface area (Å²) in [5.74, 6) is 0. The van der Waals surface area contributed by atoms with Crippen LogP contribution in [-0.2, 0) is 13.1 Å². The molecule has 3 nitrogen and oxygen atoms in total. The number of aromatic nitrogens is 2. The van der Waals surface area contributed by atoms with Gasteiger partial charge in [-0.2, -0.15) is 11.8 Å². The van der Waals surface area contributed by atoms with Gasteiger partial charge in [0.2, 0.25) is 0 Å². The lowest BCUT2D eigenvalue weighted by Crippen LogP contribution is -2.23. The summed E-state index contributed by atoms with van der Waals surface area (Å²) in [6.45, 7) is 5.96. The normalized spacial score (nSPS) is 12.0. The van der Waals surface area contributed by atoms with Crippen molar-refractivity contribution in [2.24, 2.45) is 5.73 Å². The van der Waals surface area contributed by atoms with Crippen LogP contribution < -0.4 is 5.73 Å². The Labute approximate surface area is 83.7 Å². The molecule has 0 fully saturated rings. The Morgan fingerprint density at radius 3 is 2.85 bits per heavy atom. The first-order chi connectivity index (χ1) is 6.09. The lowest BCUT2D eigenvalue weighted by molar-refractivity contribution is 0.551. The summed E-state index contributed by atoms with van der Waals surface area (Å²) >= 11 is 1.86. The van der Waals surface area contributed by atoms with Crippen molar-refractivity contribution in [3.05, 3.63) is 18.2 Å². The van der Waals surface area contributed by atoms with Crippen molar-refractivity contribution >= 4 is 11.8 Å². The molecule has 0 saturated carbocycles. The van der Waals surface area contributed by atoms with E-state index < -0.39 is 0 Å². The summed E-state index contributed by atoms with van der Waals surface area (Å²) in [4.78, 5) is 4.09. The van der Waals surface area contributed by atoms with Gasteiger partial charge in [0.15, 0.2) is 0 Å². The molecule has 1 aromatic rings. The molecule has 0 atom stereocenters. The van der Waals surface area contributed by atoms with Crippen LogP contribution in [0.5, 0.6) is 0 Å². The van der Waals surface area contributed by atoms with Gasteiger partial charge in [0.05, 0.1) is 12.0 Å². The molecular formula is C9H17N3S. The Morgan fingerprint density at radius 2 is 2.31 bits per heavy atom. The van der Waals surface area contributed by atoms with Crippen LogP contribution in [0.1, 0.15) is 19.5 Å². The molecule has 0 aliphatic heterocycles. The number of nitrogens with two attached hydrogens (primary N) is 1. The van der Waals surface area contributed by atoms with Gasteiger partial charge in [-0.05, 0) is 20.1 Å². The SMILES string of the molecule is CSC(C)(C)Cn1cncc1CN. The topological polar surface area (TPSA) is 43.8 Å². The van der Waals surface area contributed by atoms with E-state index in [9.17, 15) is 0 Å². The first-order valence-corrected chi connectivity index (χ1v) is 5.56. The average molecular weight is 199 g/mol. The first-order valence-electron chi connectivity index (χ1n) is 4.33. The van der Waals surface area contributed by atoms with Gasteiger partial charge >= 0.3 is 0 Å². The largest absolute Gasteiger partial charge is 0.332 e. The molecule has 1 heterocycles. The third-order valence-electron chi connectivity index (χ3n) is 2.11. The second kappa shape index (κ2) is 4.15. The molecule has 74 valence electrons. The van der Waals surface area contributed by atoms with E-state index >= 15 is 0 Å². The Kier molecular flexibility index (Phi) is 3.39. The van der Waals surface area contributed by atoms with Crippen LogP contribution in [0.2, 0.25) is 0 Å². The predicted molar refractivity (Wildman–Crippen MR) is 57.7 cm³/mol. The van der Waals surface area contributed by atoms with E-state index in [0.717, 1.165) is 12.2 Å². The van der Waals surface area contributed by atoms with Crippen LogP contribution in [0.25, 0.3) is 0 Å². The maximum Gasteiger partial charge on any atom is 0.0949 e. The monoisotopic (exact) mass is 199 g/mol. The molecular weight excluding hydrogens is 182 g/mol. The van der Waals surface area contributed by atoms with Gasteiger partial charge in [-0.25, -0.2) is 4.98 Å². The first kappa shape index (κ1) is 10.6. The second-order valence-electron chi connectivity index (χ2n) is 3.68. The van der Waals surface area contributed by atoms with Gasteiger partial charge in [-0.3, -0.25) is 0 Å². The zero-order valence-corrected chi connectivity index (χ0v) is 9.27. The van der Waals surface area contributed by atoms with Crippen molar-refractivity contribution in [2.75, 3.05) is 6.26 Å². The fourth-order valence-corrected chi connectivity index (χ4v) is 1.40. The Morgan fingerprint density at radius 1 is 1.62 bits per heavy atom. The molecule has 1 rings (SSSR count). The molecule has 2 N–H and O–H groups in total. The number of imidazole rings is 1. The smallest absolute Gasteiger partial charge is 0.0949 e. The number of rotatable bonds is 4. The molecule has 0 saturated heterocycles. The summed E-state index contributed by atoms with van der Waals surface area (Å²) in [5, 5.41) is 0. The van der Waals surface area contributed by atoms with Crippen molar-refractivity contribution < 1.29 is 0 Å². The Hall–Kier alpha value is -0.480. The third kappa shape index (κ3) is 2.74. The van der Waals surface area contributed by atoms with Crippen LogP contribution >= 0.6 is 11.8 Å². The van der Waals surface area contributed by atoms with Crippen LogP contribution in [0.4, 0.5) is 0 Å². The molecule has 0 bridgehead atoms. The summed E-state index contributed by atoms with van der Waals surface area (Å²) in [5.41, 5.74) is 6.69. The quantitative estimate of drug-likeness (QED) is 0.799. The lowest BCUT2D eigenvalue weighted by atomic mass is 10.2. The molecule has 0 aliphatic rings. The molecule has 0 radical (unpaired) electrons. The minimum Gasteiger partial charge on any atom is -0.332 e. The molecule has 4 heteroatoms. The van der Waals surface area contributed by atoms with E-state index in [2.05, 4.69) is 29.7 Å². The summed E-state index contributed by atoms with van der Waals surface area (Å²) in [6, 6.07) is 0. The fraction of sp³-hybridized carbons (Fsp3) is 0.667. The van der Waals surface area contributed by atoms with Crippen molar-refractivity contribution in [3.63, 3.8) is 0 Å². The molecule has 0 aliphatic carbocycles. The van der Waals surface area contributed by atoms with Crippen LogP contribution in [-0.4, -0.2) is 20.6 Å². The van der Waals surface area contributed by atoms with Gasteiger partial charge in [-0.1, -0.05) is 0 Å². The van der Waals surface area contributed by atoms with Gasteiger partial charge in [0, 0.05) is 24.0 Å². The predicted octanol–water partition coefficient (Wildman–Crippen LogP) is 1.48. The van der Waals surface area contributed by atoms with Gasteiger partial charge in [-0.15, -0.1) is 0 Å². The number of hydrogen-bond donors (Lipinski definition) is 1. The molecule has 13 heavy (non-hydrogen) atoms. The van der Waals surface area contributed by atoms with E-state index in [1.54, 1.807) is 0 Å². The van der Waals surface area contributed by atoms with Crippen LogP contribution in [0.3, 0.4) is 0 Å². The van der Waals surface area contributed by atoms with Crippen molar-refractivity contribution in [1.82, 2.24) is 9.55 Å². The minimum atomic E-state index is 0.241. The highest BCUT2D eigenvalue weighted by molar-refractivity contribution is 7.99. The maximum atomic E-state index is 5.59. The number of hydrogen-bond acceptors (Lipinski definition) is 3. The van der Waals surface area contributed by atoms with E-state index in [0.29, 0.717) is 6.54 Å². The minimum absolute atomic E-state index is 0.241. The third-order valence-corrected chi connectivity index (χ3v) is 3.35. The zero-order chi connectivity index (χ0) is 9.90. The van der Waals surface area contributed by atoms with Gasteiger partial charge < -0.3 is 10.3 Å². The lowest BCUT2D eigenvalue weighted by Gasteiger charge is -2.23. The fourth-order valence-electron chi connectivity index (χ4n) is 1.14. The standard InChI is InChI=1S/C9H17N3S/c1-9(2,13-3)6-12-7-11-5-8(12)4-10/h5,7H,4,6,10H2,1-3H3. The highest BCUT2D eigenvalue weighted by Crippen LogP contribution is 2.23. The Bertz CT molecular complexity index is 268. The molecule has 1 aromatic heterocycles. The zero-order valence-electron chi connectivity index (χ0n) is 8.45. The Balaban J connectivity index is 2.73. The molecule has 0 spiro atoms. The second-order valence-corrected chi connectivity index (χ2v) is 5.19. The molecule has 0 amide bonds. The van der Waals surface area contributed by atoms with Gasteiger partial charge in [0.1, 0.15) is 0 Å². The van der Waals surface area contributed by atoms with Crippen molar-refractivity contribution in [3.8, 4) is 0 Å². The number of nitrogens with zero attached hydrogens (tertiary/aromatic N) is 2. The van der Waals surface area contributed by atoms with Crippen molar-refractivity contribution in [2.45, 2.75) is 31.7 Å². The number of thioether (sulfide) groups is 1. The van der Waals surface area contributed by atoms with Crippen molar-refractivity contribution in [1.29, 1.82) is 0 Å². The summed E-state index contributed by atoms with van der Waals surface area (Å²) < 4.78 is 2.36. The highest BCUT2D eigenvalue weighted by Gasteiger charge is 2.17.